The van der Waals surface area contributed by atoms with Crippen LogP contribution in [0.3, 0.4) is 0 Å². The van der Waals surface area contributed by atoms with Gasteiger partial charge in [0.25, 0.3) is 0 Å². The zero-order chi connectivity index (χ0) is 6.53. The van der Waals surface area contributed by atoms with Gasteiger partial charge in [-0.15, -0.1) is 4.39 Å². The summed E-state index contributed by atoms with van der Waals surface area (Å²) >= 11 is 0. The van der Waals surface area contributed by atoms with E-state index in [-0.39, 0.29) is 0 Å². The second-order valence-corrected chi connectivity index (χ2v) is 1.36. The summed E-state index contributed by atoms with van der Waals surface area (Å²) < 4.78 is 11.3. The number of aromatic nitrogens is 1. The Hall–Kier alpha value is -1.36. The Kier molecular flexibility index (Phi) is 1.81. The number of hydrogen-bond acceptors (Lipinski definition) is 1. The van der Waals surface area contributed by atoms with Crippen LogP contribution in [0.25, 0.3) is 0 Å². The van der Waals surface area contributed by atoms with E-state index in [0.717, 1.165) is 0 Å². The third-order valence-electron chi connectivity index (χ3n) is 0.791. The summed E-state index contributed by atoms with van der Waals surface area (Å²) in [6, 6.07) is 5.91. The molecule has 0 saturated carbocycles. The zero-order valence-corrected chi connectivity index (χ0v) is 4.56. The Morgan fingerprint density at radius 1 is 1.67 bits per heavy atom. The summed E-state index contributed by atoms with van der Waals surface area (Å²) in [7, 11) is 0. The fraction of sp³-hybridized carbons (Fsp3) is 0. The van der Waals surface area contributed by atoms with Gasteiger partial charge >= 0.3 is 0 Å². The second-order valence-electron chi connectivity index (χ2n) is 1.36. The van der Waals surface area contributed by atoms with Gasteiger partial charge in [0.05, 0.1) is 0 Å². The molecule has 1 aromatic heterocycles. The highest BCUT2D eigenvalue weighted by molar-refractivity contribution is 5.24. The molecule has 0 spiro atoms. The average molecular weight is 120 g/mol. The van der Waals surface area contributed by atoms with Crippen LogP contribution in [-0.4, -0.2) is 4.98 Å². The largest absolute Gasteiger partial charge is 0.247 e. The van der Waals surface area contributed by atoms with Crippen LogP contribution in [0.4, 0.5) is 4.39 Å². The van der Waals surface area contributed by atoms with E-state index in [4.69, 9.17) is 0 Å². The molecule has 0 aliphatic rings. The molecule has 1 radical (unpaired) electrons. The molecule has 0 saturated heterocycles. The van der Waals surface area contributed by atoms with Crippen LogP contribution in [0.5, 0.6) is 0 Å². The van der Waals surface area contributed by atoms with E-state index in [2.05, 4.69) is 17.0 Å². The average Bonchev–Trinajstić information content (AvgIpc) is 1.91. The number of rotatable bonds is 0. The fourth-order valence-electron chi connectivity index (χ4n) is 0.442. The first-order valence-electron chi connectivity index (χ1n) is 2.37. The van der Waals surface area contributed by atoms with E-state index in [1.165, 1.54) is 12.4 Å². The predicted octanol–water partition coefficient (Wildman–Crippen LogP) is 1.16. The molecule has 0 aliphatic carbocycles. The summed E-state index contributed by atoms with van der Waals surface area (Å²) in [4.78, 5) is 3.70. The van der Waals surface area contributed by atoms with Crippen molar-refractivity contribution in [2.24, 2.45) is 0 Å². The monoisotopic (exact) mass is 120 g/mol. The molecule has 2 heteroatoms. The second kappa shape index (κ2) is 2.83. The quantitative estimate of drug-likeness (QED) is 0.468. The minimum Gasteiger partial charge on any atom is -0.247 e. The van der Waals surface area contributed by atoms with Crippen molar-refractivity contribution in [3.63, 3.8) is 0 Å². The minimum absolute atomic E-state index is 0.427. The fourth-order valence-corrected chi connectivity index (χ4v) is 0.442. The number of halogens is 1. The Bertz CT molecular complexity index is 232. The van der Waals surface area contributed by atoms with Crippen LogP contribution < -0.4 is 0 Å². The SMILES string of the molecule is FC#Cc1cc[c]cn1. The molecule has 0 fully saturated rings. The molecule has 1 heterocycles. The van der Waals surface area contributed by atoms with Crippen molar-refractivity contribution in [1.29, 1.82) is 0 Å². The van der Waals surface area contributed by atoms with Gasteiger partial charge in [-0.25, -0.2) is 4.98 Å². The molecule has 0 amide bonds. The van der Waals surface area contributed by atoms with Crippen LogP contribution in [0, 0.1) is 18.2 Å². The van der Waals surface area contributed by atoms with Crippen molar-refractivity contribution < 1.29 is 4.39 Å². The lowest BCUT2D eigenvalue weighted by atomic mass is 10.4. The molecule has 0 unspecified atom stereocenters. The maximum Gasteiger partial charge on any atom is 0.115 e. The van der Waals surface area contributed by atoms with E-state index in [0.29, 0.717) is 5.69 Å². The van der Waals surface area contributed by atoms with Gasteiger partial charge in [-0.2, -0.15) is 0 Å². The van der Waals surface area contributed by atoms with Crippen molar-refractivity contribution in [1.82, 2.24) is 4.98 Å². The maximum absolute atomic E-state index is 11.3. The third-order valence-corrected chi connectivity index (χ3v) is 0.791. The van der Waals surface area contributed by atoms with Gasteiger partial charge in [-0.1, -0.05) is 0 Å². The molecule has 0 N–H and O–H groups in total. The number of nitrogens with zero attached hydrogens (tertiary/aromatic N) is 1. The van der Waals surface area contributed by atoms with Gasteiger partial charge in [-0.3, -0.25) is 0 Å². The summed E-state index contributed by atoms with van der Waals surface area (Å²) in [6.45, 7) is 0. The Labute approximate surface area is 52.5 Å². The topological polar surface area (TPSA) is 12.9 Å². The lowest BCUT2D eigenvalue weighted by Crippen LogP contribution is -1.76. The van der Waals surface area contributed by atoms with Gasteiger partial charge in [0, 0.05) is 12.3 Å². The molecule has 0 aromatic carbocycles. The Balaban J connectivity index is 2.94. The minimum atomic E-state index is 0.427. The highest BCUT2D eigenvalue weighted by atomic mass is 19.1. The molecule has 1 nitrogen and oxygen atoms in total. The van der Waals surface area contributed by atoms with Gasteiger partial charge in [0.2, 0.25) is 0 Å². The normalized spacial score (nSPS) is 7.67. The van der Waals surface area contributed by atoms with Crippen molar-refractivity contribution in [2.45, 2.75) is 0 Å². The molecule has 0 bridgehead atoms. The Morgan fingerprint density at radius 2 is 2.56 bits per heavy atom. The summed E-state index contributed by atoms with van der Waals surface area (Å²) in [5, 5.41) is 0. The van der Waals surface area contributed by atoms with E-state index in [1.807, 2.05) is 0 Å². The summed E-state index contributed by atoms with van der Waals surface area (Å²) in [6.07, 6.45) is 2.70. The van der Waals surface area contributed by atoms with Crippen LogP contribution in [0.2, 0.25) is 0 Å². The van der Waals surface area contributed by atoms with Crippen LogP contribution in [-0.2, 0) is 0 Å². The smallest absolute Gasteiger partial charge is 0.115 e. The first-order chi connectivity index (χ1) is 4.43. The highest BCUT2D eigenvalue weighted by Crippen LogP contribution is 1.87. The van der Waals surface area contributed by atoms with Crippen molar-refractivity contribution in [3.8, 4) is 12.1 Å². The van der Waals surface area contributed by atoms with Crippen molar-refractivity contribution >= 4 is 0 Å². The molecule has 0 aliphatic heterocycles. The van der Waals surface area contributed by atoms with Crippen molar-refractivity contribution in [3.05, 3.63) is 30.1 Å². The third kappa shape index (κ3) is 1.54. The molecule has 1 aromatic rings. The molecular formula is C7H3FN. The summed E-state index contributed by atoms with van der Waals surface area (Å²) in [5.74, 6) is 2.16. The van der Waals surface area contributed by atoms with E-state index >= 15 is 0 Å². The first kappa shape index (κ1) is 5.77. The van der Waals surface area contributed by atoms with E-state index in [1.54, 1.807) is 12.1 Å². The number of pyridine rings is 1. The van der Waals surface area contributed by atoms with Gasteiger partial charge in [-0.05, 0) is 18.1 Å². The molecule has 1 rings (SSSR count). The lowest BCUT2D eigenvalue weighted by Gasteiger charge is -1.81. The zero-order valence-electron chi connectivity index (χ0n) is 4.56. The van der Waals surface area contributed by atoms with Gasteiger partial charge in [0.1, 0.15) is 11.9 Å². The molecular weight excluding hydrogens is 117 g/mol. The highest BCUT2D eigenvalue weighted by Gasteiger charge is 1.80. The van der Waals surface area contributed by atoms with Crippen molar-refractivity contribution in [2.75, 3.05) is 0 Å². The van der Waals surface area contributed by atoms with Gasteiger partial charge < -0.3 is 0 Å². The lowest BCUT2D eigenvalue weighted by molar-refractivity contribution is 0.773. The molecule has 0 atom stereocenters. The standard InChI is InChI=1S/C7H3FN/c8-5-4-7-3-1-2-6-9-7/h1,3,6H. The summed E-state index contributed by atoms with van der Waals surface area (Å²) in [5.41, 5.74) is 0.427. The molecule has 43 valence electrons. The van der Waals surface area contributed by atoms with E-state index in [9.17, 15) is 4.39 Å². The first-order valence-corrected chi connectivity index (χ1v) is 2.37. The van der Waals surface area contributed by atoms with Gasteiger partial charge in [0.15, 0.2) is 0 Å². The van der Waals surface area contributed by atoms with Crippen LogP contribution >= 0.6 is 0 Å². The van der Waals surface area contributed by atoms with Crippen LogP contribution in [0.15, 0.2) is 18.3 Å². The van der Waals surface area contributed by atoms with E-state index < -0.39 is 0 Å². The van der Waals surface area contributed by atoms with Crippen LogP contribution in [0.1, 0.15) is 5.69 Å². The molecule has 9 heavy (non-hydrogen) atoms. The predicted molar refractivity (Wildman–Crippen MR) is 31.1 cm³/mol. The maximum atomic E-state index is 11.3. The number of hydrogen-bond donors (Lipinski definition) is 0. The Morgan fingerprint density at radius 3 is 3.11 bits per heavy atom.